The number of benzene rings is 4. The van der Waals surface area contributed by atoms with Gasteiger partial charge in [-0.3, -0.25) is 14.2 Å². The van der Waals surface area contributed by atoms with Gasteiger partial charge in [0.2, 0.25) is 0 Å². The molecule has 44 heavy (non-hydrogen) atoms. The van der Waals surface area contributed by atoms with Crippen molar-refractivity contribution in [2.75, 3.05) is 12.4 Å². The number of allylic oxidation sites excluding steroid dienone is 1. The number of halogens is 1. The minimum atomic E-state index is -0.736. The summed E-state index contributed by atoms with van der Waals surface area (Å²) in [6.07, 6.45) is 1.77. The van der Waals surface area contributed by atoms with Crippen molar-refractivity contribution < 1.29 is 14.3 Å². The van der Waals surface area contributed by atoms with Crippen LogP contribution in [0.2, 0.25) is 5.02 Å². The van der Waals surface area contributed by atoms with Crippen molar-refractivity contribution in [2.45, 2.75) is 19.6 Å². The highest BCUT2D eigenvalue weighted by Crippen LogP contribution is 2.32. The van der Waals surface area contributed by atoms with Crippen molar-refractivity contribution in [1.82, 2.24) is 4.57 Å². The Kier molecular flexibility index (Phi) is 8.45. The number of carbonyl (C=O) groups is 1. The van der Waals surface area contributed by atoms with Crippen molar-refractivity contribution in [2.24, 2.45) is 4.99 Å². The number of aromatic nitrogens is 1. The summed E-state index contributed by atoms with van der Waals surface area (Å²) < 4.78 is 13.6. The van der Waals surface area contributed by atoms with Crippen molar-refractivity contribution in [1.29, 1.82) is 0 Å². The molecule has 6 rings (SSSR count). The number of amides is 1. The maximum Gasteiger partial charge on any atom is 0.271 e. The van der Waals surface area contributed by atoms with E-state index in [1.165, 1.54) is 11.3 Å². The zero-order chi connectivity index (χ0) is 30.6. The minimum absolute atomic E-state index is 0.284. The van der Waals surface area contributed by atoms with Crippen LogP contribution in [-0.4, -0.2) is 17.6 Å². The van der Waals surface area contributed by atoms with Gasteiger partial charge in [-0.25, -0.2) is 4.99 Å². The SMILES string of the molecule is COc1cccc([C@H]2C(C(=O)Nc3ccccc3)=C(C)N=c3s/c(=C\c4cc(Cl)ccc4OCc4ccccc4)c(=O)n32)c1. The van der Waals surface area contributed by atoms with Gasteiger partial charge in [-0.05, 0) is 66.6 Å². The number of ether oxygens (including phenoxy) is 2. The Bertz CT molecular complexity index is 2050. The lowest BCUT2D eigenvalue weighted by Gasteiger charge is -2.25. The molecule has 0 fully saturated rings. The number of nitrogens with zero attached hydrogens (tertiary/aromatic N) is 2. The van der Waals surface area contributed by atoms with Crippen molar-refractivity contribution in [3.05, 3.63) is 156 Å². The summed E-state index contributed by atoms with van der Waals surface area (Å²) in [6, 6.07) is 31.0. The average molecular weight is 622 g/mol. The van der Waals surface area contributed by atoms with Crippen LogP contribution >= 0.6 is 22.9 Å². The fourth-order valence-corrected chi connectivity index (χ4v) is 6.32. The second kappa shape index (κ2) is 12.8. The van der Waals surface area contributed by atoms with E-state index in [1.807, 2.05) is 84.9 Å². The number of anilines is 1. The summed E-state index contributed by atoms with van der Waals surface area (Å²) in [7, 11) is 1.58. The number of hydrogen-bond donors (Lipinski definition) is 1. The van der Waals surface area contributed by atoms with E-state index in [-0.39, 0.29) is 11.5 Å². The molecule has 1 aliphatic rings. The van der Waals surface area contributed by atoms with Crippen LogP contribution in [0.4, 0.5) is 5.69 Å². The van der Waals surface area contributed by atoms with Crippen LogP contribution in [0, 0.1) is 0 Å². The molecule has 0 radical (unpaired) electrons. The number of methoxy groups -OCH3 is 1. The van der Waals surface area contributed by atoms with Gasteiger partial charge in [-0.1, -0.05) is 83.6 Å². The van der Waals surface area contributed by atoms with Crippen molar-refractivity contribution in [3.8, 4) is 11.5 Å². The van der Waals surface area contributed by atoms with E-state index in [4.69, 9.17) is 26.1 Å². The van der Waals surface area contributed by atoms with Gasteiger partial charge in [0.05, 0.1) is 29.0 Å². The van der Waals surface area contributed by atoms with Crippen LogP contribution in [-0.2, 0) is 11.4 Å². The quantitative estimate of drug-likeness (QED) is 0.227. The van der Waals surface area contributed by atoms with Gasteiger partial charge in [-0.15, -0.1) is 0 Å². The molecule has 1 N–H and O–H groups in total. The molecule has 4 aromatic carbocycles. The van der Waals surface area contributed by atoms with E-state index < -0.39 is 6.04 Å². The van der Waals surface area contributed by atoms with E-state index in [2.05, 4.69) is 5.32 Å². The number of carbonyl (C=O) groups excluding carboxylic acids is 1. The number of thiazole rings is 1. The molecule has 5 aromatic rings. The van der Waals surface area contributed by atoms with Crippen LogP contribution in [0.3, 0.4) is 0 Å². The van der Waals surface area contributed by atoms with Gasteiger partial charge in [0, 0.05) is 16.3 Å². The molecule has 7 nitrogen and oxygen atoms in total. The van der Waals surface area contributed by atoms with E-state index in [1.54, 1.807) is 42.9 Å². The van der Waals surface area contributed by atoms with Crippen molar-refractivity contribution in [3.63, 3.8) is 0 Å². The molecule has 0 spiro atoms. The second-order valence-corrected chi connectivity index (χ2v) is 11.6. The maximum absolute atomic E-state index is 14.2. The highest BCUT2D eigenvalue weighted by Gasteiger charge is 2.32. The number of para-hydroxylation sites is 1. The Hall–Kier alpha value is -4.92. The molecular formula is C35H28ClN3O4S. The number of hydrogen-bond acceptors (Lipinski definition) is 6. The molecule has 1 aromatic heterocycles. The first kappa shape index (κ1) is 29.2. The van der Waals surface area contributed by atoms with Crippen molar-refractivity contribution >= 4 is 40.6 Å². The molecule has 0 saturated heterocycles. The Labute approximate surface area is 263 Å². The molecule has 0 unspecified atom stereocenters. The van der Waals surface area contributed by atoms with Gasteiger partial charge in [0.15, 0.2) is 4.80 Å². The predicted octanol–water partition coefficient (Wildman–Crippen LogP) is 6.11. The number of fused-ring (bicyclic) bond motifs is 1. The third-order valence-corrected chi connectivity index (χ3v) is 8.42. The fraction of sp³-hybridized carbons (Fsp3) is 0.114. The summed E-state index contributed by atoms with van der Waals surface area (Å²) in [6.45, 7) is 2.15. The van der Waals surface area contributed by atoms with Gasteiger partial charge in [0.25, 0.3) is 11.5 Å². The first-order chi connectivity index (χ1) is 21.4. The first-order valence-corrected chi connectivity index (χ1v) is 15.1. The molecular weight excluding hydrogens is 594 g/mol. The highest BCUT2D eigenvalue weighted by atomic mass is 35.5. The standard InChI is InChI=1S/C35H28ClN3O4S/c1-22-31(33(40)38-27-13-7-4-8-14-27)32(24-12-9-15-28(19-24)42-2)39-34(41)30(44-35(39)37-22)20-25-18-26(36)16-17-29(25)43-21-23-10-5-3-6-11-23/h3-20,32H,21H2,1-2H3,(H,38,40)/b30-20-/t32-/m0/s1. The predicted molar refractivity (Wildman–Crippen MR) is 174 cm³/mol. The summed E-state index contributed by atoms with van der Waals surface area (Å²) in [5, 5.41) is 3.48. The normalized spacial score (nSPS) is 14.5. The molecule has 1 amide bonds. The monoisotopic (exact) mass is 621 g/mol. The smallest absolute Gasteiger partial charge is 0.271 e. The zero-order valence-corrected chi connectivity index (χ0v) is 25.6. The van der Waals surface area contributed by atoms with E-state index >= 15 is 0 Å². The molecule has 220 valence electrons. The first-order valence-electron chi connectivity index (χ1n) is 13.9. The number of rotatable bonds is 8. The van der Waals surface area contributed by atoms with Crippen LogP contribution in [0.25, 0.3) is 6.08 Å². The Balaban J connectivity index is 1.46. The second-order valence-electron chi connectivity index (χ2n) is 10.1. The summed E-state index contributed by atoms with van der Waals surface area (Å²) in [5.74, 6) is 0.861. The largest absolute Gasteiger partial charge is 0.497 e. The fourth-order valence-electron chi connectivity index (χ4n) is 5.10. The van der Waals surface area contributed by atoms with Gasteiger partial charge in [-0.2, -0.15) is 0 Å². The Morgan fingerprint density at radius 2 is 1.75 bits per heavy atom. The van der Waals surface area contributed by atoms with Gasteiger partial charge in [0.1, 0.15) is 18.1 Å². The highest BCUT2D eigenvalue weighted by molar-refractivity contribution is 7.07. The lowest BCUT2D eigenvalue weighted by Crippen LogP contribution is -2.40. The summed E-state index contributed by atoms with van der Waals surface area (Å²) >= 11 is 7.62. The van der Waals surface area contributed by atoms with Gasteiger partial charge < -0.3 is 14.8 Å². The van der Waals surface area contributed by atoms with Crippen LogP contribution in [0.15, 0.2) is 124 Å². The third kappa shape index (κ3) is 6.08. The molecule has 0 bridgehead atoms. The van der Waals surface area contributed by atoms with Gasteiger partial charge >= 0.3 is 0 Å². The number of nitrogens with one attached hydrogen (secondary N) is 1. The molecule has 0 saturated carbocycles. The topological polar surface area (TPSA) is 81.9 Å². The zero-order valence-electron chi connectivity index (χ0n) is 24.0. The maximum atomic E-state index is 14.2. The molecule has 0 aliphatic carbocycles. The van der Waals surface area contributed by atoms with Crippen LogP contribution in [0.5, 0.6) is 11.5 Å². The van der Waals surface area contributed by atoms with E-state index in [9.17, 15) is 9.59 Å². The summed E-state index contributed by atoms with van der Waals surface area (Å²) in [4.78, 5) is 33.2. The Morgan fingerprint density at radius 1 is 1.00 bits per heavy atom. The van der Waals surface area contributed by atoms with E-state index in [0.717, 1.165) is 11.1 Å². The van der Waals surface area contributed by atoms with E-state index in [0.29, 0.717) is 55.0 Å². The Morgan fingerprint density at radius 3 is 2.50 bits per heavy atom. The molecule has 1 aliphatic heterocycles. The molecule has 9 heteroatoms. The van der Waals surface area contributed by atoms with Crippen LogP contribution < -0.4 is 29.7 Å². The summed E-state index contributed by atoms with van der Waals surface area (Å²) in [5.41, 5.74) is 3.65. The lowest BCUT2D eigenvalue weighted by molar-refractivity contribution is -0.113. The lowest BCUT2D eigenvalue weighted by atomic mass is 9.95. The average Bonchev–Trinajstić information content (AvgIpc) is 3.34. The molecule has 1 atom stereocenters. The molecule has 2 heterocycles. The minimum Gasteiger partial charge on any atom is -0.497 e. The third-order valence-electron chi connectivity index (χ3n) is 7.20. The van der Waals surface area contributed by atoms with Crippen LogP contribution in [0.1, 0.15) is 29.7 Å².